The molecule has 0 saturated heterocycles. The Morgan fingerprint density at radius 2 is 2.11 bits per heavy atom. The van der Waals surface area contributed by atoms with Gasteiger partial charge in [-0.05, 0) is 30.0 Å². The second kappa shape index (κ2) is 5.31. The van der Waals surface area contributed by atoms with Crippen molar-refractivity contribution in [3.8, 4) is 0 Å². The largest absolute Gasteiger partial charge is 0.416 e. The molecule has 1 aromatic heterocycles. The third-order valence-corrected chi connectivity index (χ3v) is 3.28. The number of carbonyl (C=O) groups is 1. The zero-order chi connectivity index (χ0) is 14.0. The summed E-state index contributed by atoms with van der Waals surface area (Å²) in [4.78, 5) is 14.1. The fourth-order valence-corrected chi connectivity index (χ4v) is 2.23. The van der Waals surface area contributed by atoms with E-state index in [-0.39, 0.29) is 5.91 Å². The molecule has 0 bridgehead atoms. The average Bonchev–Trinajstić information content (AvgIpc) is 2.76. The lowest BCUT2D eigenvalue weighted by atomic mass is 10.2. The molecule has 7 heteroatoms. The van der Waals surface area contributed by atoms with Crippen molar-refractivity contribution < 1.29 is 9.21 Å². The molecule has 6 nitrogen and oxygen atoms in total. The first-order valence-corrected chi connectivity index (χ1v) is 6.38. The Hall–Kier alpha value is -2.02. The first-order chi connectivity index (χ1) is 8.97. The van der Waals surface area contributed by atoms with Gasteiger partial charge in [-0.3, -0.25) is 4.79 Å². The summed E-state index contributed by atoms with van der Waals surface area (Å²) >= 11 is 1.24. The monoisotopic (exact) mass is 278 g/mol. The summed E-state index contributed by atoms with van der Waals surface area (Å²) < 4.78 is 5.28. The van der Waals surface area contributed by atoms with Crippen molar-refractivity contribution in [1.29, 1.82) is 0 Å². The molecule has 0 atom stereocenters. The summed E-state index contributed by atoms with van der Waals surface area (Å²) in [6.45, 7) is 1.71. The van der Waals surface area contributed by atoms with Crippen LogP contribution in [-0.4, -0.2) is 35.1 Å². The summed E-state index contributed by atoms with van der Waals surface area (Å²) in [5.74, 6) is 0.408. The molecule has 2 aromatic rings. The number of rotatable bonds is 3. The van der Waals surface area contributed by atoms with Crippen molar-refractivity contribution in [2.45, 2.75) is 17.0 Å². The van der Waals surface area contributed by atoms with Crippen LogP contribution in [0.25, 0.3) is 0 Å². The highest BCUT2D eigenvalue weighted by molar-refractivity contribution is 7.99. The van der Waals surface area contributed by atoms with Gasteiger partial charge in [-0.25, -0.2) is 0 Å². The molecule has 0 aliphatic heterocycles. The van der Waals surface area contributed by atoms with Crippen LogP contribution in [0.2, 0.25) is 0 Å². The van der Waals surface area contributed by atoms with Gasteiger partial charge in [-0.1, -0.05) is 0 Å². The molecule has 0 fully saturated rings. The van der Waals surface area contributed by atoms with Gasteiger partial charge in [0.25, 0.3) is 11.1 Å². The minimum Gasteiger partial charge on any atom is -0.416 e. The predicted molar refractivity (Wildman–Crippen MR) is 72.0 cm³/mol. The maximum absolute atomic E-state index is 11.9. The maximum atomic E-state index is 11.9. The Balaban J connectivity index is 2.29. The molecule has 100 valence electrons. The van der Waals surface area contributed by atoms with E-state index in [4.69, 9.17) is 10.2 Å². The number of hydrogen-bond donors (Lipinski definition) is 1. The van der Waals surface area contributed by atoms with Gasteiger partial charge < -0.3 is 15.1 Å². The number of nitrogens with zero attached hydrogens (tertiary/aromatic N) is 3. The van der Waals surface area contributed by atoms with E-state index in [1.807, 2.05) is 0 Å². The number of amides is 1. The van der Waals surface area contributed by atoms with Crippen LogP contribution in [0.15, 0.2) is 32.7 Å². The van der Waals surface area contributed by atoms with Crippen LogP contribution in [0, 0.1) is 6.92 Å². The zero-order valence-electron chi connectivity index (χ0n) is 10.9. The smallest absolute Gasteiger partial charge is 0.281 e. The SMILES string of the molecule is Cc1nnc(Sc2cc(C(=O)N(C)C)ccc2N)o1. The van der Waals surface area contributed by atoms with Crippen molar-refractivity contribution in [3.63, 3.8) is 0 Å². The Labute approximate surface area is 115 Å². The van der Waals surface area contributed by atoms with Gasteiger partial charge in [-0.15, -0.1) is 10.2 Å². The molecule has 2 rings (SSSR count). The number of nitrogen functional groups attached to an aromatic ring is 1. The molecule has 0 aliphatic carbocycles. The van der Waals surface area contributed by atoms with Crippen LogP contribution in [0.1, 0.15) is 16.2 Å². The second-order valence-corrected chi connectivity index (χ2v) is 5.13. The Kier molecular flexibility index (Phi) is 3.75. The fraction of sp³-hybridized carbons (Fsp3) is 0.250. The van der Waals surface area contributed by atoms with Crippen LogP contribution >= 0.6 is 11.8 Å². The highest BCUT2D eigenvalue weighted by atomic mass is 32.2. The number of aromatic nitrogens is 2. The number of aryl methyl sites for hydroxylation is 1. The van der Waals surface area contributed by atoms with Gasteiger partial charge in [0.15, 0.2) is 0 Å². The molecule has 0 aliphatic rings. The lowest BCUT2D eigenvalue weighted by Gasteiger charge is -2.11. The summed E-state index contributed by atoms with van der Waals surface area (Å²) in [6, 6.07) is 5.12. The number of nitrogens with two attached hydrogens (primary N) is 1. The van der Waals surface area contributed by atoms with E-state index in [2.05, 4.69) is 10.2 Å². The van der Waals surface area contributed by atoms with Crippen molar-refractivity contribution in [2.24, 2.45) is 0 Å². The molecular weight excluding hydrogens is 264 g/mol. The van der Waals surface area contributed by atoms with Gasteiger partial charge in [-0.2, -0.15) is 0 Å². The predicted octanol–water partition coefficient (Wildman–Crippen LogP) is 1.81. The number of benzene rings is 1. The molecule has 1 aromatic carbocycles. The van der Waals surface area contributed by atoms with Gasteiger partial charge in [0, 0.05) is 37.2 Å². The minimum atomic E-state index is -0.0800. The standard InChI is InChI=1S/C12H14N4O2S/c1-7-14-15-12(18-7)19-10-6-8(4-5-9(10)13)11(17)16(2)3/h4-6H,13H2,1-3H3. The van der Waals surface area contributed by atoms with Gasteiger partial charge in [0.2, 0.25) is 5.89 Å². The fourth-order valence-electron chi connectivity index (χ4n) is 1.43. The molecule has 0 spiro atoms. The quantitative estimate of drug-likeness (QED) is 0.862. The minimum absolute atomic E-state index is 0.0800. The summed E-state index contributed by atoms with van der Waals surface area (Å²) in [6.07, 6.45) is 0. The molecule has 19 heavy (non-hydrogen) atoms. The topological polar surface area (TPSA) is 85.2 Å². The molecule has 1 heterocycles. The van der Waals surface area contributed by atoms with Crippen molar-refractivity contribution in [1.82, 2.24) is 15.1 Å². The average molecular weight is 278 g/mol. The van der Waals surface area contributed by atoms with Crippen LogP contribution in [0.5, 0.6) is 0 Å². The summed E-state index contributed by atoms with van der Waals surface area (Å²) in [5, 5.41) is 8.03. The Bertz CT molecular complexity index is 610. The first kappa shape index (κ1) is 13.4. The van der Waals surface area contributed by atoms with E-state index in [1.165, 1.54) is 16.7 Å². The Morgan fingerprint density at radius 1 is 1.37 bits per heavy atom. The lowest BCUT2D eigenvalue weighted by molar-refractivity contribution is 0.0827. The van der Waals surface area contributed by atoms with Crippen LogP contribution in [-0.2, 0) is 0 Å². The van der Waals surface area contributed by atoms with E-state index < -0.39 is 0 Å². The van der Waals surface area contributed by atoms with Crippen molar-refractivity contribution in [2.75, 3.05) is 19.8 Å². The number of anilines is 1. The van der Waals surface area contributed by atoms with Gasteiger partial charge in [0.05, 0.1) is 0 Å². The van der Waals surface area contributed by atoms with E-state index in [1.54, 1.807) is 39.2 Å². The van der Waals surface area contributed by atoms with Gasteiger partial charge in [0.1, 0.15) is 0 Å². The third kappa shape index (κ3) is 3.05. The molecule has 0 saturated carbocycles. The van der Waals surface area contributed by atoms with E-state index in [9.17, 15) is 4.79 Å². The Morgan fingerprint density at radius 3 is 2.68 bits per heavy atom. The zero-order valence-corrected chi connectivity index (χ0v) is 11.7. The highest BCUT2D eigenvalue weighted by Gasteiger charge is 2.13. The molecule has 0 radical (unpaired) electrons. The van der Waals surface area contributed by atoms with Crippen LogP contribution < -0.4 is 5.73 Å². The van der Waals surface area contributed by atoms with E-state index in [0.29, 0.717) is 22.4 Å². The van der Waals surface area contributed by atoms with Gasteiger partial charge >= 0.3 is 0 Å². The normalized spacial score (nSPS) is 10.5. The summed E-state index contributed by atoms with van der Waals surface area (Å²) in [7, 11) is 3.40. The molecule has 0 unspecified atom stereocenters. The van der Waals surface area contributed by atoms with E-state index in [0.717, 1.165) is 4.90 Å². The van der Waals surface area contributed by atoms with E-state index >= 15 is 0 Å². The third-order valence-electron chi connectivity index (χ3n) is 2.37. The maximum Gasteiger partial charge on any atom is 0.281 e. The first-order valence-electron chi connectivity index (χ1n) is 5.56. The van der Waals surface area contributed by atoms with Crippen molar-refractivity contribution >= 4 is 23.4 Å². The number of hydrogen-bond acceptors (Lipinski definition) is 6. The number of carbonyl (C=O) groups excluding carboxylic acids is 1. The van der Waals surface area contributed by atoms with Crippen LogP contribution in [0.4, 0.5) is 5.69 Å². The lowest BCUT2D eigenvalue weighted by Crippen LogP contribution is -2.21. The summed E-state index contributed by atoms with van der Waals surface area (Å²) in [5.41, 5.74) is 7.02. The molecule has 1 amide bonds. The molecular formula is C12H14N4O2S. The highest BCUT2D eigenvalue weighted by Crippen LogP contribution is 2.32. The molecule has 2 N–H and O–H groups in total. The van der Waals surface area contributed by atoms with Crippen molar-refractivity contribution in [3.05, 3.63) is 29.7 Å². The second-order valence-electron chi connectivity index (χ2n) is 4.14. The van der Waals surface area contributed by atoms with Crippen LogP contribution in [0.3, 0.4) is 0 Å².